The van der Waals surface area contributed by atoms with Crippen molar-refractivity contribution in [3.05, 3.63) is 48.6 Å². The quantitative estimate of drug-likeness (QED) is 0.0974. The third-order valence-electron chi connectivity index (χ3n) is 8.10. The first kappa shape index (κ1) is 33.0. The second-order valence-electron chi connectivity index (χ2n) is 11.5. The molecular formula is C36H64. The lowest BCUT2D eigenvalue weighted by atomic mass is 9.68. The molecule has 0 aromatic carbocycles. The predicted molar refractivity (Wildman–Crippen MR) is 166 cm³/mol. The number of unbranched alkanes of at least 4 members (excludes halogenated alkanes) is 15. The molecule has 0 N–H and O–H groups in total. The standard InChI is InChI=1S/C36H64/c1-5-9-13-16-18-20-22-24-28-34-32-31-33(27-12-8-4)35(29-25-15-11-7-3)36(34)30-26-23-21-19-17-14-10-6-2/h24-26,28-36H,5-23,27H2,1-4H3. The van der Waals surface area contributed by atoms with Crippen molar-refractivity contribution in [2.45, 2.75) is 156 Å². The Kier molecular flexibility index (Phi) is 22.3. The molecule has 0 saturated heterocycles. The lowest BCUT2D eigenvalue weighted by Gasteiger charge is -2.36. The summed E-state index contributed by atoms with van der Waals surface area (Å²) in [4.78, 5) is 0. The number of allylic oxidation sites excluding steroid dienone is 8. The minimum absolute atomic E-state index is 0.560. The van der Waals surface area contributed by atoms with Crippen LogP contribution >= 0.6 is 0 Å². The summed E-state index contributed by atoms with van der Waals surface area (Å²) in [6, 6.07) is 0. The van der Waals surface area contributed by atoms with Crippen LogP contribution in [-0.2, 0) is 0 Å². The van der Waals surface area contributed by atoms with Crippen LogP contribution in [-0.4, -0.2) is 0 Å². The summed E-state index contributed by atoms with van der Waals surface area (Å²) >= 11 is 0. The highest BCUT2D eigenvalue weighted by molar-refractivity contribution is 5.19. The Balaban J connectivity index is 2.81. The summed E-state index contributed by atoms with van der Waals surface area (Å²) in [7, 11) is 0. The molecule has 0 fully saturated rings. The summed E-state index contributed by atoms with van der Waals surface area (Å²) in [6.07, 6.45) is 47.5. The average molecular weight is 497 g/mol. The summed E-state index contributed by atoms with van der Waals surface area (Å²) in [5, 5.41) is 0. The van der Waals surface area contributed by atoms with Crippen molar-refractivity contribution in [3.8, 4) is 0 Å². The summed E-state index contributed by atoms with van der Waals surface area (Å²) in [5.41, 5.74) is 0. The Morgan fingerprint density at radius 2 is 0.917 bits per heavy atom. The molecule has 4 atom stereocenters. The molecule has 0 aromatic rings. The van der Waals surface area contributed by atoms with Gasteiger partial charge in [0.1, 0.15) is 0 Å². The predicted octanol–water partition coefficient (Wildman–Crippen LogP) is 12.6. The molecule has 0 heterocycles. The number of hydrogen-bond donors (Lipinski definition) is 0. The highest BCUT2D eigenvalue weighted by atomic mass is 14.4. The van der Waals surface area contributed by atoms with Gasteiger partial charge in [0.05, 0.1) is 0 Å². The van der Waals surface area contributed by atoms with E-state index in [2.05, 4.69) is 76.3 Å². The Morgan fingerprint density at radius 3 is 1.50 bits per heavy atom. The molecule has 0 amide bonds. The normalized spacial score (nSPS) is 22.6. The van der Waals surface area contributed by atoms with Crippen LogP contribution in [0.15, 0.2) is 48.6 Å². The second-order valence-corrected chi connectivity index (χ2v) is 11.5. The zero-order chi connectivity index (χ0) is 26.1. The van der Waals surface area contributed by atoms with Crippen LogP contribution in [0.4, 0.5) is 0 Å². The van der Waals surface area contributed by atoms with Gasteiger partial charge in [0.2, 0.25) is 0 Å². The molecule has 1 aliphatic rings. The molecule has 0 saturated carbocycles. The largest absolute Gasteiger partial charge is 0.0882 e. The van der Waals surface area contributed by atoms with Crippen molar-refractivity contribution >= 4 is 0 Å². The Labute approximate surface area is 228 Å². The van der Waals surface area contributed by atoms with Gasteiger partial charge in [-0.1, -0.05) is 166 Å². The summed E-state index contributed by atoms with van der Waals surface area (Å²) in [6.45, 7) is 9.25. The fourth-order valence-electron chi connectivity index (χ4n) is 5.69. The van der Waals surface area contributed by atoms with E-state index in [1.54, 1.807) is 0 Å². The minimum atomic E-state index is 0.560. The van der Waals surface area contributed by atoms with E-state index in [0.29, 0.717) is 23.7 Å². The van der Waals surface area contributed by atoms with Crippen molar-refractivity contribution in [1.82, 2.24) is 0 Å². The first-order valence-corrected chi connectivity index (χ1v) is 16.5. The monoisotopic (exact) mass is 497 g/mol. The number of hydrogen-bond acceptors (Lipinski definition) is 0. The van der Waals surface area contributed by atoms with E-state index >= 15 is 0 Å². The van der Waals surface area contributed by atoms with Gasteiger partial charge < -0.3 is 0 Å². The topological polar surface area (TPSA) is 0 Å². The van der Waals surface area contributed by atoms with Crippen LogP contribution in [0.1, 0.15) is 156 Å². The van der Waals surface area contributed by atoms with E-state index < -0.39 is 0 Å². The maximum absolute atomic E-state index is 2.63. The zero-order valence-electron chi connectivity index (χ0n) is 25.1. The van der Waals surface area contributed by atoms with Gasteiger partial charge in [-0.3, -0.25) is 0 Å². The second kappa shape index (κ2) is 24.3. The van der Waals surface area contributed by atoms with Crippen LogP contribution in [0.3, 0.4) is 0 Å². The molecule has 0 radical (unpaired) electrons. The van der Waals surface area contributed by atoms with Crippen molar-refractivity contribution in [2.75, 3.05) is 0 Å². The van der Waals surface area contributed by atoms with Crippen molar-refractivity contribution < 1.29 is 0 Å². The molecule has 0 aliphatic heterocycles. The summed E-state index contributed by atoms with van der Waals surface area (Å²) < 4.78 is 0. The molecule has 36 heavy (non-hydrogen) atoms. The lowest BCUT2D eigenvalue weighted by Crippen LogP contribution is -2.28. The fraction of sp³-hybridized carbons (Fsp3) is 0.778. The Hall–Kier alpha value is -1.04. The molecule has 0 bridgehead atoms. The van der Waals surface area contributed by atoms with Crippen LogP contribution < -0.4 is 0 Å². The van der Waals surface area contributed by atoms with Crippen LogP contribution in [0.2, 0.25) is 0 Å². The Bertz CT molecular complexity index is 577. The molecule has 4 unspecified atom stereocenters. The van der Waals surface area contributed by atoms with Gasteiger partial charge in [0.15, 0.2) is 0 Å². The lowest BCUT2D eigenvalue weighted by molar-refractivity contribution is 0.297. The van der Waals surface area contributed by atoms with E-state index in [9.17, 15) is 0 Å². The minimum Gasteiger partial charge on any atom is -0.0882 e. The SMILES string of the molecule is CCCCC=CC1C(CCCC)C=CC(C=CCCCCCCCC)C1C=CCCCCCCCC. The third kappa shape index (κ3) is 15.9. The first-order chi connectivity index (χ1) is 17.8. The fourth-order valence-corrected chi connectivity index (χ4v) is 5.69. The first-order valence-electron chi connectivity index (χ1n) is 16.5. The molecule has 0 spiro atoms. The van der Waals surface area contributed by atoms with Crippen molar-refractivity contribution in [1.29, 1.82) is 0 Å². The highest BCUT2D eigenvalue weighted by Crippen LogP contribution is 2.40. The Morgan fingerprint density at radius 1 is 0.444 bits per heavy atom. The third-order valence-corrected chi connectivity index (χ3v) is 8.10. The van der Waals surface area contributed by atoms with Gasteiger partial charge in [-0.25, -0.2) is 0 Å². The average Bonchev–Trinajstić information content (AvgIpc) is 2.89. The van der Waals surface area contributed by atoms with Gasteiger partial charge >= 0.3 is 0 Å². The molecule has 0 nitrogen and oxygen atoms in total. The van der Waals surface area contributed by atoms with Gasteiger partial charge in [0, 0.05) is 5.92 Å². The highest BCUT2D eigenvalue weighted by Gasteiger charge is 2.31. The smallest absolute Gasteiger partial charge is 0.00153 e. The van der Waals surface area contributed by atoms with E-state index in [0.717, 1.165) is 0 Å². The van der Waals surface area contributed by atoms with E-state index in [1.165, 1.54) is 128 Å². The molecule has 0 aromatic heterocycles. The van der Waals surface area contributed by atoms with Crippen LogP contribution in [0, 0.1) is 23.7 Å². The van der Waals surface area contributed by atoms with Gasteiger partial charge in [-0.05, 0) is 56.3 Å². The maximum atomic E-state index is 2.63. The summed E-state index contributed by atoms with van der Waals surface area (Å²) in [5.74, 6) is 2.54. The number of rotatable bonds is 23. The molecule has 1 rings (SSSR count). The molecular weight excluding hydrogens is 432 g/mol. The zero-order valence-corrected chi connectivity index (χ0v) is 25.1. The van der Waals surface area contributed by atoms with Gasteiger partial charge in [0.25, 0.3) is 0 Å². The van der Waals surface area contributed by atoms with Gasteiger partial charge in [-0.15, -0.1) is 0 Å². The van der Waals surface area contributed by atoms with E-state index in [-0.39, 0.29) is 0 Å². The van der Waals surface area contributed by atoms with Gasteiger partial charge in [-0.2, -0.15) is 0 Å². The molecule has 208 valence electrons. The van der Waals surface area contributed by atoms with Crippen LogP contribution in [0.5, 0.6) is 0 Å². The maximum Gasteiger partial charge on any atom is 0.00153 e. The van der Waals surface area contributed by atoms with Crippen molar-refractivity contribution in [2.24, 2.45) is 23.7 Å². The molecule has 0 heteroatoms. The van der Waals surface area contributed by atoms with Crippen molar-refractivity contribution in [3.63, 3.8) is 0 Å². The van der Waals surface area contributed by atoms with E-state index in [4.69, 9.17) is 0 Å². The van der Waals surface area contributed by atoms with Crippen LogP contribution in [0.25, 0.3) is 0 Å². The van der Waals surface area contributed by atoms with E-state index in [1.807, 2.05) is 0 Å². The molecule has 1 aliphatic carbocycles.